The summed E-state index contributed by atoms with van der Waals surface area (Å²) < 4.78 is 35.1. The molecule has 0 aliphatic carbocycles. The van der Waals surface area contributed by atoms with Crippen LogP contribution >= 0.6 is 55.1 Å². The zero-order valence-electron chi connectivity index (χ0n) is 52.0. The maximum Gasteiger partial charge on any atom is 0.409 e. The van der Waals surface area contributed by atoms with Gasteiger partial charge in [0.25, 0.3) is 5.91 Å². The van der Waals surface area contributed by atoms with Gasteiger partial charge < -0.3 is 70.3 Å². The Kier molecular flexibility index (Phi) is 27.6. The summed E-state index contributed by atoms with van der Waals surface area (Å²) in [5.41, 5.74) is 3.90. The normalized spacial score (nSPS) is 24.2. The number of methoxy groups -OCH3 is 2. The van der Waals surface area contributed by atoms with Crippen molar-refractivity contribution in [3.63, 3.8) is 0 Å². The van der Waals surface area contributed by atoms with E-state index in [0.717, 1.165) is 16.0 Å². The van der Waals surface area contributed by atoms with Crippen LogP contribution in [0.5, 0.6) is 5.75 Å². The third-order valence-corrected chi connectivity index (χ3v) is 18.3. The molecule has 0 radical (unpaired) electrons. The van der Waals surface area contributed by atoms with Crippen LogP contribution in [-0.4, -0.2) is 169 Å². The number of rotatable bonds is 25. The lowest BCUT2D eigenvalue weighted by atomic mass is 9.83. The van der Waals surface area contributed by atoms with Crippen LogP contribution in [-0.2, 0) is 58.9 Å². The molecule has 8 amide bonds. The number of benzene rings is 2. The summed E-state index contributed by atoms with van der Waals surface area (Å²) >= 11 is 20.2. The minimum atomic E-state index is -1.92. The fraction of sp³-hybridized carbons (Fsp3) is 0.590. The number of esters is 2. The van der Waals surface area contributed by atoms with Crippen LogP contribution < -0.4 is 42.0 Å². The largest absolute Gasteiger partial charge is 0.495 e. The van der Waals surface area contributed by atoms with Crippen LogP contribution in [0, 0.1) is 17.8 Å². The number of hydrogen-bond acceptors (Lipinski definition) is 16. The van der Waals surface area contributed by atoms with Crippen LogP contribution in [0.15, 0.2) is 54.1 Å². The van der Waals surface area contributed by atoms with Gasteiger partial charge in [-0.1, -0.05) is 99.6 Å². The van der Waals surface area contributed by atoms with Crippen LogP contribution in [0.4, 0.5) is 21.0 Å². The van der Waals surface area contributed by atoms with E-state index < -0.39 is 120 Å². The first kappa shape index (κ1) is 73.7. The number of halogens is 4. The number of unbranched alkanes of at least 4 members (excludes halogenated alkanes) is 1. The zero-order chi connectivity index (χ0) is 66.2. The van der Waals surface area contributed by atoms with Crippen molar-refractivity contribution in [2.75, 3.05) is 55.7 Å². The van der Waals surface area contributed by atoms with Gasteiger partial charge in [-0.25, -0.2) is 14.4 Å². The van der Waals surface area contributed by atoms with Crippen molar-refractivity contribution in [1.29, 1.82) is 0 Å². The maximum absolute atomic E-state index is 14.5. The third kappa shape index (κ3) is 20.0. The van der Waals surface area contributed by atoms with Crippen molar-refractivity contribution in [3.05, 3.63) is 75.3 Å². The predicted molar refractivity (Wildman–Crippen MR) is 341 cm³/mol. The Bertz CT molecular complexity index is 2970. The summed E-state index contributed by atoms with van der Waals surface area (Å²) in [5.74, 6) is -5.35. The first-order valence-electron chi connectivity index (χ1n) is 29.3. The van der Waals surface area contributed by atoms with Crippen molar-refractivity contribution in [2.24, 2.45) is 23.5 Å². The molecule has 11 atom stereocenters. The lowest BCUT2D eigenvalue weighted by molar-refractivity contribution is -0.158. The van der Waals surface area contributed by atoms with Gasteiger partial charge in [-0.15, -0.1) is 0 Å². The number of carbonyl (C=O) groups is 9. The van der Waals surface area contributed by atoms with Crippen LogP contribution in [0.1, 0.15) is 116 Å². The Balaban J connectivity index is 1.32. The Morgan fingerprint density at radius 1 is 0.966 bits per heavy atom. The number of carbonyl (C=O) groups excluding carboxylic acids is 9. The zero-order valence-corrected chi connectivity index (χ0v) is 56.7. The number of primary amides is 1. The van der Waals surface area contributed by atoms with Gasteiger partial charge in [0.15, 0.2) is 5.72 Å². The lowest BCUT2D eigenvalue weighted by Gasteiger charge is -2.42. The van der Waals surface area contributed by atoms with Crippen molar-refractivity contribution in [2.45, 2.75) is 166 Å². The molecule has 1 unspecified atom stereocenters. The SMILES string of the molecule is COc1cc2cc(c1Cl)N(C)C(=O)C[C@H](OC(=O)[C@H](C)N(C)C(=O)c1ccc(NC(=O)[C@H](CCCNC(N)=O)NC(=O)[C@@H](NC(=O)CCCCC(C)OC(=O)C(CBr)CBr)C(C)C)cc1Cl)[C@]1(C)O[C@H]1[C@H](C)[C@@H]1C[C@@](O)(NC(=O)O1)[C@H](OC)/C=C/C=C(\C)C2. The number of alkyl carbamates (subject to hydrolysis) is 1. The molecule has 3 aliphatic rings. The number of nitrogens with one attached hydrogen (secondary N) is 5. The van der Waals surface area contributed by atoms with Crippen molar-refractivity contribution >= 4 is 120 Å². The van der Waals surface area contributed by atoms with Crippen LogP contribution in [0.25, 0.3) is 0 Å². The number of amides is 8. The number of epoxide rings is 1. The molecule has 0 spiro atoms. The van der Waals surface area contributed by atoms with E-state index >= 15 is 0 Å². The van der Waals surface area contributed by atoms with Gasteiger partial charge in [0.1, 0.15) is 52.8 Å². The number of nitrogens with two attached hydrogens (primary N) is 1. The Labute approximate surface area is 546 Å². The molecule has 2 aromatic rings. The van der Waals surface area contributed by atoms with E-state index in [1.54, 1.807) is 58.9 Å². The molecule has 4 bridgehead atoms. The molecule has 0 saturated carbocycles. The fourth-order valence-corrected chi connectivity index (χ4v) is 12.6. The molecule has 2 fully saturated rings. The van der Waals surface area contributed by atoms with Crippen LogP contribution in [0.3, 0.4) is 0 Å². The molecule has 0 aromatic heterocycles. The Morgan fingerprint density at radius 2 is 1.66 bits per heavy atom. The second kappa shape index (κ2) is 33.3. The molecular weight excluding hydrogens is 1330 g/mol. The maximum atomic E-state index is 14.5. The average Bonchev–Trinajstić information content (AvgIpc) is 1.59. The Hall–Kier alpha value is -6.03. The first-order valence-corrected chi connectivity index (χ1v) is 32.3. The molecule has 492 valence electrons. The number of hydrogen-bond donors (Lipinski definition) is 7. The van der Waals surface area contributed by atoms with Gasteiger partial charge in [-0.05, 0) is 108 Å². The third-order valence-electron chi connectivity index (χ3n) is 16.1. The Morgan fingerprint density at radius 3 is 2.29 bits per heavy atom. The van der Waals surface area contributed by atoms with Crippen molar-refractivity contribution in [3.8, 4) is 5.75 Å². The highest BCUT2D eigenvalue weighted by atomic mass is 79.9. The molecule has 3 heterocycles. The molecule has 24 nitrogen and oxygen atoms in total. The number of likely N-dealkylation sites (N-methyl/N-ethyl adjacent to an activating group) is 1. The molecule has 3 aliphatic heterocycles. The standard InChI is InChI=1S/C61H84Br2Cl2N8O16/c1-32(2)51(70-48(74)20-13-12-17-34(4)86-57(80)38(30-62)31-63)54(77)69-42(18-15-23-67-58(66)81)53(76)68-39-21-22-40(41(64)27-39)55(78)72(8)36(6)56(79)88-47-28-49(75)73(9)43-25-37(26-44(84-10)50(43)65)24-33(3)16-14-19-46(85-11)61(83)29-45(87-59(82)71-61)35(5)52-60(47,7)89-52/h14,16,19,21-22,25-27,32,34-36,38,42,45-47,51-52,83H,12-13,15,17-18,20,23-24,28-31H2,1-11H3,(H,68,76)(H,69,77)(H,70,74)(H,71,82)(H3,66,67,81)/b19-14+,33-16+/t34?,35-,36+,42+,45+,46-,47+,51+,52+,60+,61+/m1/s1. The molecule has 89 heavy (non-hydrogen) atoms. The summed E-state index contributed by atoms with van der Waals surface area (Å²) in [5, 5.41) is 26.0. The minimum Gasteiger partial charge on any atom is -0.495 e. The number of allylic oxidation sites excluding steroid dienone is 3. The van der Waals surface area contributed by atoms with E-state index in [0.29, 0.717) is 47.8 Å². The molecule has 2 saturated heterocycles. The summed E-state index contributed by atoms with van der Waals surface area (Å²) in [4.78, 5) is 124. The van der Waals surface area contributed by atoms with Crippen LogP contribution in [0.2, 0.25) is 10.0 Å². The summed E-state index contributed by atoms with van der Waals surface area (Å²) in [6.07, 6.45) is 1.42. The number of aliphatic hydroxyl groups is 1. The van der Waals surface area contributed by atoms with Crippen molar-refractivity contribution < 1.29 is 76.7 Å². The molecule has 5 rings (SSSR count). The molecule has 2 aromatic carbocycles. The highest BCUT2D eigenvalue weighted by Gasteiger charge is 2.64. The van der Waals surface area contributed by atoms with Gasteiger partial charge in [-0.2, -0.15) is 0 Å². The topological polar surface area (TPSA) is 325 Å². The second-order valence-corrected chi connectivity index (χ2v) is 25.4. The number of ether oxygens (including phenoxy) is 6. The fourth-order valence-electron chi connectivity index (χ4n) is 10.4. The molecule has 28 heteroatoms. The number of alkyl halides is 2. The first-order chi connectivity index (χ1) is 41.9. The van der Waals surface area contributed by atoms with E-state index in [2.05, 4.69) is 58.4 Å². The average molecular weight is 1420 g/mol. The number of fused-ring (bicyclic) bond motifs is 5. The highest BCUT2D eigenvalue weighted by molar-refractivity contribution is 9.09. The molecular formula is C61H84Br2Cl2N8O16. The predicted octanol–water partition coefficient (Wildman–Crippen LogP) is 7.39. The van der Waals surface area contributed by atoms with E-state index in [9.17, 15) is 48.3 Å². The second-order valence-electron chi connectivity index (χ2n) is 23.3. The van der Waals surface area contributed by atoms with Gasteiger partial charge in [0.2, 0.25) is 23.6 Å². The van der Waals surface area contributed by atoms with Gasteiger partial charge in [-0.3, -0.25) is 34.1 Å². The monoisotopic (exact) mass is 1410 g/mol. The summed E-state index contributed by atoms with van der Waals surface area (Å²) in [7, 11) is 5.71. The highest BCUT2D eigenvalue weighted by Crippen LogP contribution is 2.49. The van der Waals surface area contributed by atoms with E-state index in [4.69, 9.17) is 57.4 Å². The molecule has 8 N–H and O–H groups in total. The number of nitrogens with zero attached hydrogens (tertiary/aromatic N) is 2. The van der Waals surface area contributed by atoms with Gasteiger partial charge in [0, 0.05) is 62.9 Å². The van der Waals surface area contributed by atoms with E-state index in [-0.39, 0.29) is 71.5 Å². The quantitative estimate of drug-likeness (QED) is 0.0167. The summed E-state index contributed by atoms with van der Waals surface area (Å²) in [6, 6.07) is 3.18. The van der Waals surface area contributed by atoms with Crippen molar-refractivity contribution in [1.82, 2.24) is 26.2 Å². The smallest absolute Gasteiger partial charge is 0.409 e. The minimum absolute atomic E-state index is 0.0195. The van der Waals surface area contributed by atoms with E-state index in [1.165, 1.54) is 58.3 Å². The van der Waals surface area contributed by atoms with Gasteiger partial charge in [0.05, 0.1) is 47.9 Å². The number of urea groups is 1. The summed E-state index contributed by atoms with van der Waals surface area (Å²) in [6.45, 7) is 12.0. The lowest BCUT2D eigenvalue weighted by Crippen LogP contribution is -2.63. The van der Waals surface area contributed by atoms with E-state index in [1.807, 2.05) is 13.0 Å². The number of anilines is 2. The van der Waals surface area contributed by atoms with Gasteiger partial charge >= 0.3 is 24.1 Å².